The molecular weight excluding hydrogens is 691 g/mol. The third kappa shape index (κ3) is 9.90. The Labute approximate surface area is 328 Å². The lowest BCUT2D eigenvalue weighted by molar-refractivity contribution is -0.139. The molecule has 4 amide bonds. The first-order valence-corrected chi connectivity index (χ1v) is 21.5. The second-order valence-electron chi connectivity index (χ2n) is 17.7. The zero-order valence-electron chi connectivity index (χ0n) is 33.9. The minimum atomic E-state index is -0.689. The van der Waals surface area contributed by atoms with Gasteiger partial charge in [0.25, 0.3) is 0 Å². The first kappa shape index (κ1) is 40.7. The number of nitrogens with zero attached hydrogens (tertiary/aromatic N) is 3. The molecule has 10 nitrogen and oxygen atoms in total. The van der Waals surface area contributed by atoms with Gasteiger partial charge in [-0.05, 0) is 95.0 Å². The second-order valence-corrected chi connectivity index (χ2v) is 17.7. The van der Waals surface area contributed by atoms with E-state index in [0.29, 0.717) is 30.8 Å². The molecule has 1 aliphatic carbocycles. The van der Waals surface area contributed by atoms with Gasteiger partial charge in [0.15, 0.2) is 0 Å². The molecule has 2 N–H and O–H groups in total. The number of anilines is 2. The molecule has 3 unspecified atom stereocenters. The third-order valence-corrected chi connectivity index (χ3v) is 12.4. The van der Waals surface area contributed by atoms with E-state index >= 15 is 0 Å². The molecule has 2 bridgehead atoms. The Morgan fingerprint density at radius 1 is 0.891 bits per heavy atom. The molecule has 0 radical (unpaired) electrons. The van der Waals surface area contributed by atoms with Gasteiger partial charge >= 0.3 is 6.09 Å². The first-order valence-electron chi connectivity index (χ1n) is 21.5. The van der Waals surface area contributed by atoms with Crippen LogP contribution < -0.4 is 10.6 Å². The van der Waals surface area contributed by atoms with E-state index in [4.69, 9.17) is 4.74 Å². The van der Waals surface area contributed by atoms with Crippen LogP contribution in [0.3, 0.4) is 0 Å². The van der Waals surface area contributed by atoms with Crippen molar-refractivity contribution in [3.63, 3.8) is 0 Å². The number of ether oxygens (including phenoxy) is 1. The van der Waals surface area contributed by atoms with Gasteiger partial charge in [0.2, 0.25) is 17.7 Å². The Morgan fingerprint density at radius 2 is 1.55 bits per heavy atom. The quantitative estimate of drug-likeness (QED) is 0.146. The van der Waals surface area contributed by atoms with Crippen molar-refractivity contribution in [3.8, 4) is 0 Å². The fraction of sp³-hybridized carbons (Fsp3) is 0.667. The summed E-state index contributed by atoms with van der Waals surface area (Å²) in [5.41, 5.74) is 2.36. The van der Waals surface area contributed by atoms with Crippen LogP contribution in [0.5, 0.6) is 0 Å². The molecular formula is C45H65N5O5. The summed E-state index contributed by atoms with van der Waals surface area (Å²) in [4.78, 5) is 62.7. The Balaban J connectivity index is 1.06. The van der Waals surface area contributed by atoms with E-state index in [9.17, 15) is 19.2 Å². The first-order chi connectivity index (χ1) is 26.5. The number of amides is 4. The highest BCUT2D eigenvalue weighted by atomic mass is 16.6. The molecule has 4 aliphatic rings. The number of carbonyl (C=O) groups is 4. The minimum Gasteiger partial charge on any atom is -0.444 e. The maximum atomic E-state index is 14.1. The lowest BCUT2D eigenvalue weighted by Gasteiger charge is -2.44. The second kappa shape index (κ2) is 18.3. The summed E-state index contributed by atoms with van der Waals surface area (Å²) in [6.45, 7) is 7.81. The molecule has 4 atom stereocenters. The van der Waals surface area contributed by atoms with Crippen molar-refractivity contribution in [2.24, 2.45) is 0 Å². The van der Waals surface area contributed by atoms with Crippen LogP contribution in [-0.2, 0) is 37.4 Å². The number of aromatic nitrogens is 1. The zero-order chi connectivity index (χ0) is 39.0. The number of benzene rings is 1. The molecule has 3 aliphatic heterocycles. The Hall–Kier alpha value is -3.95. The molecule has 55 heavy (non-hydrogen) atoms. The highest BCUT2D eigenvalue weighted by Gasteiger charge is 2.51. The molecule has 2 saturated heterocycles. The van der Waals surface area contributed by atoms with Gasteiger partial charge in [0, 0.05) is 29.9 Å². The van der Waals surface area contributed by atoms with Gasteiger partial charge in [0.1, 0.15) is 18.0 Å². The highest BCUT2D eigenvalue weighted by Crippen LogP contribution is 2.47. The number of hydrogen-bond donors (Lipinski definition) is 2. The van der Waals surface area contributed by atoms with Gasteiger partial charge in [-0.25, -0.2) is 9.78 Å². The predicted molar refractivity (Wildman–Crippen MR) is 217 cm³/mol. The van der Waals surface area contributed by atoms with Crippen molar-refractivity contribution in [1.29, 1.82) is 0 Å². The third-order valence-electron chi connectivity index (χ3n) is 12.4. The van der Waals surface area contributed by atoms with Crippen LogP contribution >= 0.6 is 0 Å². The topological polar surface area (TPSA) is 121 Å². The molecule has 1 aromatic heterocycles. The average Bonchev–Trinajstić information content (AvgIpc) is 3.77. The number of carbonyl (C=O) groups excluding carboxylic acids is 4. The summed E-state index contributed by atoms with van der Waals surface area (Å²) in [5, 5.41) is 6.04. The number of rotatable bonds is 18. The van der Waals surface area contributed by atoms with Gasteiger partial charge in [-0.2, -0.15) is 0 Å². The number of unbranched alkanes of at least 4 members (excludes halogenated alkanes) is 12. The lowest BCUT2D eigenvalue weighted by Crippen LogP contribution is -2.59. The number of fused-ring (bicyclic) bond motifs is 5. The monoisotopic (exact) mass is 755 g/mol. The number of nitrogens with one attached hydrogen (secondary N) is 2. The average molecular weight is 756 g/mol. The summed E-state index contributed by atoms with van der Waals surface area (Å²) >= 11 is 0. The van der Waals surface area contributed by atoms with E-state index in [1.807, 2.05) is 56.0 Å². The lowest BCUT2D eigenvalue weighted by atomic mass is 9.79. The van der Waals surface area contributed by atoms with Gasteiger partial charge in [-0.15, -0.1) is 0 Å². The number of piperidine rings is 1. The highest BCUT2D eigenvalue weighted by molar-refractivity contribution is 6.06. The summed E-state index contributed by atoms with van der Waals surface area (Å²) in [5.74, 6) is 0.304. The van der Waals surface area contributed by atoms with Crippen molar-refractivity contribution in [1.82, 2.24) is 14.8 Å². The molecule has 10 heteroatoms. The van der Waals surface area contributed by atoms with Crippen LogP contribution in [-0.4, -0.2) is 68.9 Å². The molecule has 6 rings (SSSR count). The maximum absolute atomic E-state index is 14.1. The van der Waals surface area contributed by atoms with Gasteiger partial charge in [-0.3, -0.25) is 14.4 Å². The molecule has 4 heterocycles. The molecule has 1 spiro atoms. The molecule has 2 fully saturated rings. The van der Waals surface area contributed by atoms with Crippen molar-refractivity contribution in [2.45, 2.75) is 185 Å². The summed E-state index contributed by atoms with van der Waals surface area (Å²) < 4.78 is 5.83. The fourth-order valence-corrected chi connectivity index (χ4v) is 9.62. The van der Waals surface area contributed by atoms with Gasteiger partial charge in [-0.1, -0.05) is 96.1 Å². The number of pyridine rings is 1. The van der Waals surface area contributed by atoms with E-state index in [2.05, 4.69) is 22.5 Å². The van der Waals surface area contributed by atoms with E-state index in [1.165, 1.54) is 64.2 Å². The Kier molecular flexibility index (Phi) is 13.6. The van der Waals surface area contributed by atoms with Gasteiger partial charge < -0.3 is 25.2 Å². The molecule has 1 aromatic carbocycles. The van der Waals surface area contributed by atoms with Crippen LogP contribution in [0.15, 0.2) is 36.5 Å². The summed E-state index contributed by atoms with van der Waals surface area (Å²) in [7, 11) is 0. The number of hydrogen-bond acceptors (Lipinski definition) is 6. The van der Waals surface area contributed by atoms with Crippen molar-refractivity contribution >= 4 is 35.3 Å². The predicted octanol–water partition coefficient (Wildman–Crippen LogP) is 9.25. The minimum absolute atomic E-state index is 0.0203. The van der Waals surface area contributed by atoms with E-state index in [0.717, 1.165) is 61.6 Å². The van der Waals surface area contributed by atoms with Gasteiger partial charge in [0.05, 0.1) is 17.5 Å². The van der Waals surface area contributed by atoms with Crippen LogP contribution in [0.25, 0.3) is 0 Å². The van der Waals surface area contributed by atoms with E-state index in [1.54, 1.807) is 11.1 Å². The Morgan fingerprint density at radius 3 is 2.24 bits per heavy atom. The molecule has 300 valence electrons. The SMILES string of the molecule is CCCCCCCCCCCCCCCC(=O)N(CC(=O)Nc1ccc2c(c1)C[C@@]1(C2)C(=O)Nc2ncccc21)C1CCC2CCC1N2C(=O)OC(C)(C)C. The van der Waals surface area contributed by atoms with Crippen molar-refractivity contribution < 1.29 is 23.9 Å². The largest absolute Gasteiger partial charge is 0.444 e. The maximum Gasteiger partial charge on any atom is 0.410 e. The summed E-state index contributed by atoms with van der Waals surface area (Å²) in [6, 6.07) is 9.37. The fourth-order valence-electron chi connectivity index (χ4n) is 9.62. The Bertz CT molecular complexity index is 1670. The van der Waals surface area contributed by atoms with Crippen molar-refractivity contribution in [3.05, 3.63) is 53.2 Å². The summed E-state index contributed by atoms with van der Waals surface area (Å²) in [6.07, 6.45) is 22.1. The van der Waals surface area contributed by atoms with Crippen LogP contribution in [0, 0.1) is 0 Å². The van der Waals surface area contributed by atoms with Crippen molar-refractivity contribution in [2.75, 3.05) is 17.2 Å². The standard InChI is InChI=1S/C45H65N5O5/c1-5-6-7-8-9-10-11-12-13-14-15-16-17-20-40(52)49(37-25-23-35-24-26-38(37)50(35)43(54)55-44(2,3)4)31-39(51)47-34-22-21-32-29-45(30-33(32)28-34)36-19-18-27-46-41(36)48-42(45)53/h18-19,21-22,27-28,35,37-38H,5-17,20,23-26,29-31H2,1-4H3,(H,47,51)(H,46,48,53)/t35?,37?,38?,45-/m1/s1. The van der Waals surface area contributed by atoms with Crippen LogP contribution in [0.1, 0.15) is 160 Å². The van der Waals surface area contributed by atoms with Crippen LogP contribution in [0.2, 0.25) is 0 Å². The molecule has 0 saturated carbocycles. The smallest absolute Gasteiger partial charge is 0.410 e. The van der Waals surface area contributed by atoms with E-state index in [-0.39, 0.29) is 48.5 Å². The van der Waals surface area contributed by atoms with Crippen LogP contribution in [0.4, 0.5) is 16.3 Å². The molecule has 2 aromatic rings. The van der Waals surface area contributed by atoms with E-state index < -0.39 is 11.0 Å². The zero-order valence-corrected chi connectivity index (χ0v) is 33.9. The normalized spacial score (nSPS) is 22.4.